The van der Waals surface area contributed by atoms with E-state index in [1.165, 1.54) is 42.7 Å². The molecular weight excluding hydrogens is 440 g/mol. The Bertz CT molecular complexity index is 1060. The number of alkyl halides is 2. The maximum atomic E-state index is 13.7. The van der Waals surface area contributed by atoms with E-state index in [1.54, 1.807) is 0 Å². The van der Waals surface area contributed by atoms with Gasteiger partial charge in [0.2, 0.25) is 5.88 Å². The van der Waals surface area contributed by atoms with Crippen LogP contribution in [0.1, 0.15) is 31.7 Å². The molecule has 2 aromatic rings. The number of nitrogens with one attached hydrogen (secondary N) is 1. The van der Waals surface area contributed by atoms with Gasteiger partial charge in [-0.1, -0.05) is 25.1 Å². The molecule has 10 heteroatoms. The minimum Gasteiger partial charge on any atom is -0.477 e. The van der Waals surface area contributed by atoms with Gasteiger partial charge >= 0.3 is 0 Å². The average Bonchev–Trinajstić information content (AvgIpc) is 3.08. The number of halogens is 2. The Kier molecular flexibility index (Phi) is 7.55. The lowest BCUT2D eigenvalue weighted by molar-refractivity contribution is -0.111. The first-order chi connectivity index (χ1) is 15.2. The van der Waals surface area contributed by atoms with Crippen LogP contribution in [0.5, 0.6) is 5.88 Å². The van der Waals surface area contributed by atoms with Crippen molar-refractivity contribution in [3.05, 3.63) is 48.3 Å². The third-order valence-electron chi connectivity index (χ3n) is 5.01. The first kappa shape index (κ1) is 23.8. The summed E-state index contributed by atoms with van der Waals surface area (Å²) in [6.07, 6.45) is 2.96. The highest BCUT2D eigenvalue weighted by atomic mass is 32.2. The standard InChI is InChI=1S/C22H25F2N3O4S/c1-3-8-31-21-13-25-20(12-26-21)27-22(28)17(9-14-10-18(23)19(24)11-14)15-4-6-16(7-5-15)32(2,29)30/h4-7,9,12-14,18-19H,3,8,10-11H2,1-2H3,(H,25,27,28)/t14?,18-,19+. The molecule has 0 bridgehead atoms. The molecule has 1 fully saturated rings. The van der Waals surface area contributed by atoms with Crippen LogP contribution in [0.4, 0.5) is 14.6 Å². The highest BCUT2D eigenvalue weighted by Crippen LogP contribution is 2.34. The Balaban J connectivity index is 1.85. The zero-order valence-electron chi connectivity index (χ0n) is 17.8. The third-order valence-corrected chi connectivity index (χ3v) is 6.14. The van der Waals surface area contributed by atoms with Gasteiger partial charge in [-0.15, -0.1) is 0 Å². The second-order valence-electron chi connectivity index (χ2n) is 7.68. The van der Waals surface area contributed by atoms with E-state index >= 15 is 0 Å². The summed E-state index contributed by atoms with van der Waals surface area (Å²) >= 11 is 0. The monoisotopic (exact) mass is 465 g/mol. The van der Waals surface area contributed by atoms with Crippen LogP contribution in [-0.4, -0.2) is 49.5 Å². The summed E-state index contributed by atoms with van der Waals surface area (Å²) in [5.74, 6) is -0.515. The van der Waals surface area contributed by atoms with Crippen molar-refractivity contribution in [1.29, 1.82) is 0 Å². The van der Waals surface area contributed by atoms with Crippen LogP contribution in [0.2, 0.25) is 0 Å². The van der Waals surface area contributed by atoms with Crippen molar-refractivity contribution in [2.24, 2.45) is 5.92 Å². The van der Waals surface area contributed by atoms with Crippen molar-refractivity contribution in [2.75, 3.05) is 18.2 Å². The van der Waals surface area contributed by atoms with Crippen molar-refractivity contribution in [3.8, 4) is 5.88 Å². The first-order valence-corrected chi connectivity index (χ1v) is 12.1. The number of rotatable bonds is 8. The molecular formula is C22H25F2N3O4S. The number of aromatic nitrogens is 2. The molecule has 7 nitrogen and oxygen atoms in total. The van der Waals surface area contributed by atoms with Gasteiger partial charge in [0.25, 0.3) is 5.91 Å². The number of carbonyl (C=O) groups excluding carboxylic acids is 1. The van der Waals surface area contributed by atoms with Gasteiger partial charge in [-0.25, -0.2) is 27.2 Å². The van der Waals surface area contributed by atoms with E-state index in [-0.39, 0.29) is 29.1 Å². The van der Waals surface area contributed by atoms with Crippen LogP contribution in [-0.2, 0) is 14.6 Å². The molecule has 1 unspecified atom stereocenters. The van der Waals surface area contributed by atoms with Crippen LogP contribution in [0, 0.1) is 5.92 Å². The van der Waals surface area contributed by atoms with E-state index in [0.717, 1.165) is 12.7 Å². The first-order valence-electron chi connectivity index (χ1n) is 10.2. The van der Waals surface area contributed by atoms with Gasteiger partial charge in [0, 0.05) is 11.8 Å². The maximum Gasteiger partial charge on any atom is 0.257 e. The fourth-order valence-electron chi connectivity index (χ4n) is 3.37. The fourth-order valence-corrected chi connectivity index (χ4v) is 4.00. The molecule has 1 heterocycles. The second-order valence-corrected chi connectivity index (χ2v) is 9.70. The van der Waals surface area contributed by atoms with Crippen LogP contribution in [0.3, 0.4) is 0 Å². The molecule has 1 N–H and O–H groups in total. The topological polar surface area (TPSA) is 98.2 Å². The van der Waals surface area contributed by atoms with E-state index in [9.17, 15) is 22.0 Å². The predicted octanol–water partition coefficient (Wildman–Crippen LogP) is 3.78. The van der Waals surface area contributed by atoms with Crippen molar-refractivity contribution >= 4 is 27.1 Å². The molecule has 1 amide bonds. The number of amides is 1. The van der Waals surface area contributed by atoms with Gasteiger partial charge in [-0.2, -0.15) is 0 Å². The molecule has 1 aromatic carbocycles. The molecule has 0 aliphatic heterocycles. The van der Waals surface area contributed by atoms with Crippen molar-refractivity contribution in [1.82, 2.24) is 9.97 Å². The zero-order valence-corrected chi connectivity index (χ0v) is 18.6. The minimum atomic E-state index is -3.41. The highest BCUT2D eigenvalue weighted by molar-refractivity contribution is 7.90. The Hall–Kier alpha value is -2.88. The average molecular weight is 466 g/mol. The summed E-state index contributed by atoms with van der Waals surface area (Å²) in [5, 5.41) is 2.62. The number of hydrogen-bond acceptors (Lipinski definition) is 6. The smallest absolute Gasteiger partial charge is 0.257 e. The van der Waals surface area contributed by atoms with Crippen molar-refractivity contribution in [3.63, 3.8) is 0 Å². The van der Waals surface area contributed by atoms with Crippen molar-refractivity contribution < 1.29 is 26.7 Å². The Morgan fingerprint density at radius 3 is 2.34 bits per heavy atom. The highest BCUT2D eigenvalue weighted by Gasteiger charge is 2.34. The Morgan fingerprint density at radius 2 is 1.81 bits per heavy atom. The molecule has 0 radical (unpaired) electrons. The molecule has 3 rings (SSSR count). The largest absolute Gasteiger partial charge is 0.477 e. The summed E-state index contributed by atoms with van der Waals surface area (Å²) in [6, 6.07) is 5.75. The van der Waals surface area contributed by atoms with E-state index in [4.69, 9.17) is 4.74 Å². The molecule has 0 spiro atoms. The van der Waals surface area contributed by atoms with E-state index in [0.29, 0.717) is 18.1 Å². The van der Waals surface area contributed by atoms with Gasteiger partial charge in [-0.05, 0) is 42.9 Å². The number of anilines is 1. The lowest BCUT2D eigenvalue weighted by Gasteiger charge is -2.12. The molecule has 32 heavy (non-hydrogen) atoms. The third kappa shape index (κ3) is 6.09. The maximum absolute atomic E-state index is 13.7. The summed E-state index contributed by atoms with van der Waals surface area (Å²) in [5.41, 5.74) is 0.591. The quantitative estimate of drug-likeness (QED) is 0.596. The predicted molar refractivity (Wildman–Crippen MR) is 116 cm³/mol. The van der Waals surface area contributed by atoms with Crippen LogP contribution >= 0.6 is 0 Å². The molecule has 1 saturated carbocycles. The summed E-state index contributed by atoms with van der Waals surface area (Å²) in [7, 11) is -3.41. The van der Waals surface area contributed by atoms with Gasteiger partial charge in [-0.3, -0.25) is 4.79 Å². The minimum absolute atomic E-state index is 0.0252. The molecule has 0 saturated heterocycles. The molecule has 1 aromatic heterocycles. The van der Waals surface area contributed by atoms with Gasteiger partial charge in [0.05, 0.1) is 23.9 Å². The summed E-state index contributed by atoms with van der Waals surface area (Å²) in [4.78, 5) is 21.3. The number of nitrogens with zero attached hydrogens (tertiary/aromatic N) is 2. The lowest BCUT2D eigenvalue weighted by Crippen LogP contribution is -2.16. The molecule has 1 aliphatic rings. The fraction of sp³-hybridized carbons (Fsp3) is 0.409. The lowest BCUT2D eigenvalue weighted by atomic mass is 9.98. The SMILES string of the molecule is CCCOc1cnc(NC(=O)C(=CC2C[C@@H](F)[C@@H](F)C2)c2ccc(S(C)(=O)=O)cc2)cn1. The van der Waals surface area contributed by atoms with E-state index in [1.807, 2.05) is 6.92 Å². The Morgan fingerprint density at radius 1 is 1.16 bits per heavy atom. The number of ether oxygens (including phenoxy) is 1. The zero-order chi connectivity index (χ0) is 23.3. The number of carbonyl (C=O) groups is 1. The number of benzene rings is 1. The van der Waals surface area contributed by atoms with Gasteiger partial charge < -0.3 is 10.1 Å². The van der Waals surface area contributed by atoms with Crippen LogP contribution in [0.25, 0.3) is 5.57 Å². The van der Waals surface area contributed by atoms with E-state index < -0.39 is 34.0 Å². The summed E-state index contributed by atoms with van der Waals surface area (Å²) < 4.78 is 56.2. The number of allylic oxidation sites excluding steroid dienone is 1. The van der Waals surface area contributed by atoms with Gasteiger partial charge in [0.1, 0.15) is 12.3 Å². The molecule has 3 atom stereocenters. The second kappa shape index (κ2) is 10.2. The number of hydrogen-bond donors (Lipinski definition) is 1. The van der Waals surface area contributed by atoms with Crippen LogP contribution in [0.15, 0.2) is 47.6 Å². The normalized spacial score (nSPS) is 21.4. The summed E-state index contributed by atoms with van der Waals surface area (Å²) in [6.45, 7) is 2.45. The van der Waals surface area contributed by atoms with Crippen molar-refractivity contribution in [2.45, 2.75) is 43.4 Å². The molecule has 1 aliphatic carbocycles. The van der Waals surface area contributed by atoms with Gasteiger partial charge in [0.15, 0.2) is 15.7 Å². The Labute approximate surface area is 185 Å². The van der Waals surface area contributed by atoms with E-state index in [2.05, 4.69) is 15.3 Å². The number of sulfone groups is 1. The molecule has 172 valence electrons. The van der Waals surface area contributed by atoms with Crippen LogP contribution < -0.4 is 10.1 Å².